The van der Waals surface area contributed by atoms with Gasteiger partial charge in [0.25, 0.3) is 0 Å². The van der Waals surface area contributed by atoms with Crippen LogP contribution in [0.3, 0.4) is 0 Å². The van der Waals surface area contributed by atoms with Gasteiger partial charge in [-0.15, -0.1) is 0 Å². The number of halogens is 1. The molecule has 1 aliphatic heterocycles. The molecule has 0 aromatic carbocycles. The summed E-state index contributed by atoms with van der Waals surface area (Å²) in [5.41, 5.74) is -0.431. The summed E-state index contributed by atoms with van der Waals surface area (Å²) in [4.78, 5) is 13.8. The van der Waals surface area contributed by atoms with E-state index in [0.29, 0.717) is 6.10 Å². The summed E-state index contributed by atoms with van der Waals surface area (Å²) in [5.74, 6) is 0. The quantitative estimate of drug-likeness (QED) is 0.556. The van der Waals surface area contributed by atoms with Crippen LogP contribution in [0.5, 0.6) is 0 Å². The summed E-state index contributed by atoms with van der Waals surface area (Å²) in [6, 6.07) is 0. The van der Waals surface area contributed by atoms with Crippen LogP contribution < -0.4 is 0 Å². The monoisotopic (exact) mass is 381 g/mol. The lowest BCUT2D eigenvalue weighted by Gasteiger charge is -2.41. The smallest absolute Gasteiger partial charge is 0.410 e. The lowest BCUT2D eigenvalue weighted by atomic mass is 9.93. The van der Waals surface area contributed by atoms with E-state index in [4.69, 9.17) is 9.47 Å². The van der Waals surface area contributed by atoms with Gasteiger partial charge in [0.05, 0.1) is 11.7 Å². The number of hydrogen-bond donors (Lipinski definition) is 0. The molecule has 1 amide bonds. The summed E-state index contributed by atoms with van der Waals surface area (Å²) >= 11 is 2.41. The molecule has 0 unspecified atom stereocenters. The molecule has 1 saturated heterocycles. The van der Waals surface area contributed by atoms with Crippen LogP contribution in [0.1, 0.15) is 46.5 Å². The van der Waals surface area contributed by atoms with Gasteiger partial charge in [-0.05, 0) is 46.5 Å². The predicted octanol–water partition coefficient (Wildman–Crippen LogP) is 3.37. The molecule has 2 fully saturated rings. The van der Waals surface area contributed by atoms with Crippen LogP contribution in [0.25, 0.3) is 0 Å². The molecule has 0 radical (unpaired) electrons. The Hall–Kier alpha value is -0.0400. The van der Waals surface area contributed by atoms with Gasteiger partial charge in [0.1, 0.15) is 5.60 Å². The largest absolute Gasteiger partial charge is 0.444 e. The van der Waals surface area contributed by atoms with Gasteiger partial charge < -0.3 is 14.4 Å². The summed E-state index contributed by atoms with van der Waals surface area (Å²) in [6.45, 7) is 7.19. The number of carbonyl (C=O) groups excluding carboxylic acids is 1. The van der Waals surface area contributed by atoms with Gasteiger partial charge in [-0.2, -0.15) is 0 Å². The number of likely N-dealkylation sites (tertiary alicyclic amines) is 1. The van der Waals surface area contributed by atoms with Crippen molar-refractivity contribution in [1.29, 1.82) is 0 Å². The molecule has 2 rings (SSSR count). The van der Waals surface area contributed by atoms with Gasteiger partial charge in [0.2, 0.25) is 0 Å². The van der Waals surface area contributed by atoms with E-state index >= 15 is 0 Å². The Morgan fingerprint density at radius 1 is 1.32 bits per heavy atom. The Kier molecular flexibility index (Phi) is 4.65. The summed E-state index contributed by atoms with van der Waals surface area (Å²) in [5, 5.41) is 0. The maximum atomic E-state index is 12.0. The standard InChI is InChI=1S/C14H24INO3/c1-13(2,3)19-12(17)16-8-6-14(10-15,7-9-16)18-11-4-5-11/h11H,4-10H2,1-3H3. The number of rotatable bonds is 3. The lowest BCUT2D eigenvalue weighted by molar-refractivity contribution is -0.0759. The second-order valence-corrected chi connectivity index (χ2v) is 7.36. The van der Waals surface area contributed by atoms with Crippen LogP contribution in [-0.2, 0) is 9.47 Å². The SMILES string of the molecule is CC(C)(C)OC(=O)N1CCC(CI)(OC2CC2)CC1. The highest BCUT2D eigenvalue weighted by Gasteiger charge is 2.41. The van der Waals surface area contributed by atoms with E-state index in [1.165, 1.54) is 12.8 Å². The van der Waals surface area contributed by atoms with Crippen molar-refractivity contribution in [3.05, 3.63) is 0 Å². The normalized spacial score (nSPS) is 23.3. The minimum atomic E-state index is -0.417. The fourth-order valence-electron chi connectivity index (χ4n) is 2.25. The van der Waals surface area contributed by atoms with Crippen LogP contribution in [0.4, 0.5) is 4.79 Å². The van der Waals surface area contributed by atoms with Crippen LogP contribution >= 0.6 is 22.6 Å². The number of carbonyl (C=O) groups is 1. The first-order valence-electron chi connectivity index (χ1n) is 7.05. The number of ether oxygens (including phenoxy) is 2. The Bertz CT molecular complexity index is 328. The number of hydrogen-bond acceptors (Lipinski definition) is 3. The molecular formula is C14H24INO3. The topological polar surface area (TPSA) is 38.8 Å². The Labute approximate surface area is 129 Å². The molecule has 0 spiro atoms. The van der Waals surface area contributed by atoms with E-state index in [9.17, 15) is 4.79 Å². The molecule has 110 valence electrons. The zero-order valence-corrected chi connectivity index (χ0v) is 14.2. The van der Waals surface area contributed by atoms with Gasteiger partial charge >= 0.3 is 6.09 Å². The second-order valence-electron chi connectivity index (χ2n) is 6.60. The zero-order valence-electron chi connectivity index (χ0n) is 12.1. The van der Waals surface area contributed by atoms with Crippen molar-refractivity contribution in [2.75, 3.05) is 17.5 Å². The minimum Gasteiger partial charge on any atom is -0.444 e. The molecule has 0 atom stereocenters. The first kappa shape index (κ1) is 15.4. The van der Waals surface area contributed by atoms with Crippen LogP contribution in [0.15, 0.2) is 0 Å². The van der Waals surface area contributed by atoms with Crippen molar-refractivity contribution in [3.63, 3.8) is 0 Å². The van der Waals surface area contributed by atoms with E-state index in [-0.39, 0.29) is 11.7 Å². The summed E-state index contributed by atoms with van der Waals surface area (Å²) < 4.78 is 12.6. The minimum absolute atomic E-state index is 0.0137. The van der Waals surface area contributed by atoms with E-state index in [1.54, 1.807) is 0 Å². The van der Waals surface area contributed by atoms with Crippen molar-refractivity contribution in [1.82, 2.24) is 4.90 Å². The number of alkyl halides is 1. The third-order valence-electron chi connectivity index (χ3n) is 3.51. The maximum Gasteiger partial charge on any atom is 0.410 e. The first-order chi connectivity index (χ1) is 8.84. The van der Waals surface area contributed by atoms with Crippen molar-refractivity contribution < 1.29 is 14.3 Å². The predicted molar refractivity (Wildman–Crippen MR) is 82.8 cm³/mol. The Balaban J connectivity index is 1.85. The fraction of sp³-hybridized carbons (Fsp3) is 0.929. The summed E-state index contributed by atoms with van der Waals surface area (Å²) in [7, 11) is 0. The van der Waals surface area contributed by atoms with Gasteiger partial charge in [0.15, 0.2) is 0 Å². The summed E-state index contributed by atoms with van der Waals surface area (Å²) in [6.07, 6.45) is 4.53. The Morgan fingerprint density at radius 2 is 1.89 bits per heavy atom. The van der Waals surface area contributed by atoms with Gasteiger partial charge in [-0.25, -0.2) is 4.79 Å². The molecule has 0 aromatic rings. The van der Waals surface area contributed by atoms with Crippen molar-refractivity contribution in [2.45, 2.75) is 63.8 Å². The van der Waals surface area contributed by atoms with E-state index in [0.717, 1.165) is 30.4 Å². The molecule has 1 aliphatic carbocycles. The second kappa shape index (κ2) is 5.76. The molecule has 0 N–H and O–H groups in total. The van der Waals surface area contributed by atoms with Crippen LogP contribution in [-0.4, -0.2) is 45.8 Å². The van der Waals surface area contributed by atoms with E-state index in [1.807, 2.05) is 25.7 Å². The molecule has 1 heterocycles. The molecule has 4 nitrogen and oxygen atoms in total. The van der Waals surface area contributed by atoms with Gasteiger partial charge in [-0.3, -0.25) is 0 Å². The maximum absolute atomic E-state index is 12.0. The highest BCUT2D eigenvalue weighted by Crippen LogP contribution is 2.36. The highest BCUT2D eigenvalue weighted by molar-refractivity contribution is 14.1. The third-order valence-corrected chi connectivity index (χ3v) is 4.90. The van der Waals surface area contributed by atoms with Crippen LogP contribution in [0.2, 0.25) is 0 Å². The van der Waals surface area contributed by atoms with Gasteiger partial charge in [-0.1, -0.05) is 22.6 Å². The highest BCUT2D eigenvalue weighted by atomic mass is 127. The van der Waals surface area contributed by atoms with Crippen molar-refractivity contribution in [2.24, 2.45) is 0 Å². The molecule has 1 saturated carbocycles. The lowest BCUT2D eigenvalue weighted by Crippen LogP contribution is -2.50. The molecule has 0 bridgehead atoms. The first-order valence-corrected chi connectivity index (χ1v) is 8.58. The number of amides is 1. The number of nitrogens with zero attached hydrogens (tertiary/aromatic N) is 1. The Morgan fingerprint density at radius 3 is 2.32 bits per heavy atom. The average Bonchev–Trinajstić information content (AvgIpc) is 3.11. The molecular weight excluding hydrogens is 357 g/mol. The van der Waals surface area contributed by atoms with Crippen molar-refractivity contribution >= 4 is 28.7 Å². The molecule has 5 heteroatoms. The molecule has 2 aliphatic rings. The molecule has 19 heavy (non-hydrogen) atoms. The zero-order chi connectivity index (χ0) is 14.1. The fourth-order valence-corrected chi connectivity index (χ4v) is 3.19. The third kappa shape index (κ3) is 4.48. The molecule has 0 aromatic heterocycles. The van der Waals surface area contributed by atoms with E-state index < -0.39 is 5.60 Å². The number of piperidine rings is 1. The van der Waals surface area contributed by atoms with Gasteiger partial charge in [0, 0.05) is 17.5 Å². The van der Waals surface area contributed by atoms with E-state index in [2.05, 4.69) is 22.6 Å². The van der Waals surface area contributed by atoms with Crippen molar-refractivity contribution in [3.8, 4) is 0 Å². The van der Waals surface area contributed by atoms with Crippen LogP contribution in [0, 0.1) is 0 Å². The average molecular weight is 381 g/mol.